The maximum absolute atomic E-state index is 12.4. The molecule has 9 nitrogen and oxygen atoms in total. The summed E-state index contributed by atoms with van der Waals surface area (Å²) in [4.78, 5) is 40.0. The summed E-state index contributed by atoms with van der Waals surface area (Å²) in [6.45, 7) is 13.9. The van der Waals surface area contributed by atoms with Crippen LogP contribution < -0.4 is 10.6 Å². The molecule has 0 aliphatic heterocycles. The van der Waals surface area contributed by atoms with Crippen LogP contribution in [0.15, 0.2) is 16.7 Å². The first-order valence-electron chi connectivity index (χ1n) is 8.41. The number of oxazole rings is 1. The number of carbonyl (C=O) groups excluding carboxylic acids is 3. The Labute approximate surface area is 158 Å². The number of rotatable bonds is 6. The van der Waals surface area contributed by atoms with E-state index in [-0.39, 0.29) is 29.0 Å². The molecule has 0 spiro atoms. The molecule has 150 valence electrons. The predicted octanol–water partition coefficient (Wildman–Crippen LogP) is 2.62. The van der Waals surface area contributed by atoms with E-state index in [0.29, 0.717) is 0 Å². The summed E-state index contributed by atoms with van der Waals surface area (Å²) in [6, 6.07) is -0.646. The minimum atomic E-state index is -0.788. The molecule has 0 saturated carbocycles. The molecule has 9 heteroatoms. The summed E-state index contributed by atoms with van der Waals surface area (Å²) < 4.78 is 15.2. The summed E-state index contributed by atoms with van der Waals surface area (Å²) in [7, 11) is 1.24. The van der Waals surface area contributed by atoms with Crippen LogP contribution in [0.4, 0.5) is 4.79 Å². The van der Waals surface area contributed by atoms with Crippen molar-refractivity contribution in [1.29, 1.82) is 0 Å². The molecule has 1 atom stereocenters. The van der Waals surface area contributed by atoms with Crippen molar-refractivity contribution < 1.29 is 28.3 Å². The second-order valence-electron chi connectivity index (χ2n) is 7.25. The molecule has 0 bridgehead atoms. The van der Waals surface area contributed by atoms with Gasteiger partial charge in [-0.1, -0.05) is 20.4 Å². The van der Waals surface area contributed by atoms with Crippen LogP contribution in [-0.2, 0) is 14.3 Å². The standard InChI is InChI=1S/C18H27N3O6/c1-9(2)12(15-21-13(11(4)26-15)16(23)25-8)20-14(22)10(3)19-17(24)27-18(5,6)7/h9,12H,3H2,1-2,4-8H3,(H,19,24)(H,20,22)/t12-/m0/s1. The highest BCUT2D eigenvalue weighted by Crippen LogP contribution is 2.24. The number of hydrogen-bond acceptors (Lipinski definition) is 7. The van der Waals surface area contributed by atoms with Crippen molar-refractivity contribution in [2.75, 3.05) is 7.11 Å². The number of hydrogen-bond donors (Lipinski definition) is 2. The van der Waals surface area contributed by atoms with Crippen LogP contribution in [0.3, 0.4) is 0 Å². The third kappa shape index (κ3) is 6.43. The minimum absolute atomic E-state index is 0.0399. The van der Waals surface area contributed by atoms with Gasteiger partial charge in [-0.25, -0.2) is 14.6 Å². The number of esters is 1. The number of nitrogens with zero attached hydrogens (tertiary/aromatic N) is 1. The summed E-state index contributed by atoms with van der Waals surface area (Å²) >= 11 is 0. The van der Waals surface area contributed by atoms with Crippen molar-refractivity contribution in [3.05, 3.63) is 29.6 Å². The maximum atomic E-state index is 12.4. The quantitative estimate of drug-likeness (QED) is 0.574. The maximum Gasteiger partial charge on any atom is 0.412 e. The number of ether oxygens (including phenoxy) is 2. The third-order valence-electron chi connectivity index (χ3n) is 3.34. The van der Waals surface area contributed by atoms with E-state index in [1.807, 2.05) is 13.8 Å². The van der Waals surface area contributed by atoms with Gasteiger partial charge in [0.1, 0.15) is 23.1 Å². The van der Waals surface area contributed by atoms with Crippen molar-refractivity contribution >= 4 is 18.0 Å². The number of carbonyl (C=O) groups is 3. The van der Waals surface area contributed by atoms with Crippen molar-refractivity contribution in [1.82, 2.24) is 15.6 Å². The Kier molecular flexibility index (Phi) is 7.15. The van der Waals surface area contributed by atoms with Crippen LogP contribution in [0.2, 0.25) is 0 Å². The highest BCUT2D eigenvalue weighted by molar-refractivity contribution is 5.96. The fourth-order valence-electron chi connectivity index (χ4n) is 2.06. The molecule has 0 aliphatic rings. The van der Waals surface area contributed by atoms with Gasteiger partial charge in [0, 0.05) is 0 Å². The molecule has 0 fully saturated rings. The zero-order valence-corrected chi connectivity index (χ0v) is 16.8. The SMILES string of the molecule is C=C(NC(=O)OC(C)(C)C)C(=O)N[C@H](c1nc(C(=O)OC)c(C)o1)C(C)C. The number of alkyl carbamates (subject to hydrolysis) is 1. The molecule has 0 aliphatic carbocycles. The largest absolute Gasteiger partial charge is 0.464 e. The molecular formula is C18H27N3O6. The first-order valence-corrected chi connectivity index (χ1v) is 8.41. The van der Waals surface area contributed by atoms with E-state index in [4.69, 9.17) is 9.15 Å². The lowest BCUT2D eigenvalue weighted by Crippen LogP contribution is -2.40. The summed E-state index contributed by atoms with van der Waals surface area (Å²) in [6.07, 6.45) is -0.788. The van der Waals surface area contributed by atoms with Gasteiger partial charge >= 0.3 is 12.1 Å². The molecule has 2 amide bonds. The number of aryl methyl sites for hydroxylation is 1. The second kappa shape index (κ2) is 8.70. The van der Waals surface area contributed by atoms with E-state index in [9.17, 15) is 14.4 Å². The van der Waals surface area contributed by atoms with Gasteiger partial charge in [0.25, 0.3) is 5.91 Å². The van der Waals surface area contributed by atoms with Crippen molar-refractivity contribution in [2.45, 2.75) is 53.2 Å². The molecule has 0 saturated heterocycles. The summed E-state index contributed by atoms with van der Waals surface area (Å²) in [5.41, 5.74) is -0.856. The highest BCUT2D eigenvalue weighted by atomic mass is 16.6. The van der Waals surface area contributed by atoms with E-state index in [2.05, 4.69) is 26.9 Å². The Morgan fingerprint density at radius 3 is 2.30 bits per heavy atom. The number of aromatic nitrogens is 1. The van der Waals surface area contributed by atoms with Gasteiger partial charge in [-0.05, 0) is 33.6 Å². The average molecular weight is 381 g/mol. The fourth-order valence-corrected chi connectivity index (χ4v) is 2.06. The Balaban J connectivity index is 2.88. The molecule has 1 aromatic rings. The molecule has 2 N–H and O–H groups in total. The van der Waals surface area contributed by atoms with Gasteiger partial charge in [0.15, 0.2) is 5.69 Å². The third-order valence-corrected chi connectivity index (χ3v) is 3.34. The Hall–Kier alpha value is -2.84. The molecular weight excluding hydrogens is 354 g/mol. The predicted molar refractivity (Wildman–Crippen MR) is 96.8 cm³/mol. The van der Waals surface area contributed by atoms with E-state index >= 15 is 0 Å². The highest BCUT2D eigenvalue weighted by Gasteiger charge is 2.28. The van der Waals surface area contributed by atoms with Gasteiger partial charge in [0.2, 0.25) is 5.89 Å². The van der Waals surface area contributed by atoms with Gasteiger partial charge in [-0.15, -0.1) is 0 Å². The second-order valence-corrected chi connectivity index (χ2v) is 7.25. The number of amides is 2. The van der Waals surface area contributed by atoms with E-state index in [0.717, 1.165) is 0 Å². The van der Waals surface area contributed by atoms with Crippen molar-refractivity contribution in [3.63, 3.8) is 0 Å². The first-order chi connectivity index (χ1) is 12.4. The average Bonchev–Trinajstić information content (AvgIpc) is 2.90. The van der Waals surface area contributed by atoms with Crippen LogP contribution in [-0.4, -0.2) is 35.7 Å². The Morgan fingerprint density at radius 2 is 1.81 bits per heavy atom. The zero-order valence-electron chi connectivity index (χ0n) is 16.8. The van der Waals surface area contributed by atoms with E-state index in [1.54, 1.807) is 27.7 Å². The van der Waals surface area contributed by atoms with Gasteiger partial charge in [-0.3, -0.25) is 10.1 Å². The van der Waals surface area contributed by atoms with Gasteiger partial charge < -0.3 is 19.2 Å². The monoisotopic (exact) mass is 381 g/mol. The van der Waals surface area contributed by atoms with Crippen LogP contribution in [0.1, 0.15) is 62.8 Å². The van der Waals surface area contributed by atoms with Crippen LogP contribution in [0, 0.1) is 12.8 Å². The zero-order chi connectivity index (χ0) is 20.9. The normalized spacial score (nSPS) is 12.3. The minimum Gasteiger partial charge on any atom is -0.464 e. The van der Waals surface area contributed by atoms with E-state index < -0.39 is 29.6 Å². The molecule has 27 heavy (non-hydrogen) atoms. The topological polar surface area (TPSA) is 120 Å². The van der Waals surface area contributed by atoms with Crippen LogP contribution in [0.25, 0.3) is 0 Å². The smallest absolute Gasteiger partial charge is 0.412 e. The van der Waals surface area contributed by atoms with Gasteiger partial charge in [-0.2, -0.15) is 0 Å². The molecule has 0 aromatic carbocycles. The lowest BCUT2D eigenvalue weighted by Gasteiger charge is -2.22. The molecule has 1 heterocycles. The molecule has 1 rings (SSSR count). The number of nitrogens with one attached hydrogen (secondary N) is 2. The van der Waals surface area contributed by atoms with Crippen LogP contribution >= 0.6 is 0 Å². The summed E-state index contributed by atoms with van der Waals surface area (Å²) in [5, 5.41) is 4.96. The van der Waals surface area contributed by atoms with Crippen LogP contribution in [0.5, 0.6) is 0 Å². The lowest BCUT2D eigenvalue weighted by atomic mass is 10.0. The molecule has 0 radical (unpaired) electrons. The molecule has 0 unspecified atom stereocenters. The Bertz CT molecular complexity index is 730. The lowest BCUT2D eigenvalue weighted by molar-refractivity contribution is -0.119. The fraction of sp³-hybridized carbons (Fsp3) is 0.556. The van der Waals surface area contributed by atoms with Crippen molar-refractivity contribution in [2.24, 2.45) is 5.92 Å². The first kappa shape index (κ1) is 22.2. The van der Waals surface area contributed by atoms with Gasteiger partial charge in [0.05, 0.1) is 7.11 Å². The number of methoxy groups -OCH3 is 1. The Morgan fingerprint density at radius 1 is 1.22 bits per heavy atom. The van der Waals surface area contributed by atoms with E-state index in [1.165, 1.54) is 7.11 Å². The van der Waals surface area contributed by atoms with Crippen molar-refractivity contribution in [3.8, 4) is 0 Å². The molecule has 1 aromatic heterocycles. The summed E-state index contributed by atoms with van der Waals surface area (Å²) in [5.74, 6) is -0.946.